The van der Waals surface area contributed by atoms with Crippen molar-refractivity contribution in [2.45, 2.75) is 11.0 Å². The molecule has 7 rings (SSSR count). The van der Waals surface area contributed by atoms with Crippen LogP contribution in [0.5, 0.6) is 0 Å². The third-order valence-electron chi connectivity index (χ3n) is 7.63. The van der Waals surface area contributed by atoms with Crippen LogP contribution in [0.1, 0.15) is 43.0 Å². The zero-order valence-electron chi connectivity index (χ0n) is 19.8. The van der Waals surface area contributed by atoms with Gasteiger partial charge in [0.25, 0.3) is 0 Å². The number of aliphatic hydroxyl groups is 1. The molecule has 0 aliphatic heterocycles. The molecule has 0 saturated carbocycles. The molecule has 0 amide bonds. The van der Waals surface area contributed by atoms with Crippen LogP contribution < -0.4 is 0 Å². The van der Waals surface area contributed by atoms with E-state index < -0.39 is 11.0 Å². The number of hydrogen-bond acceptors (Lipinski definition) is 4. The van der Waals surface area contributed by atoms with E-state index in [0.717, 1.165) is 22.3 Å². The summed E-state index contributed by atoms with van der Waals surface area (Å²) in [7, 11) is 1.58. The maximum Gasteiger partial charge on any atom is 0.193 e. The summed E-state index contributed by atoms with van der Waals surface area (Å²) in [6, 6.07) is 33.2. The van der Waals surface area contributed by atoms with Gasteiger partial charge in [-0.15, -0.1) is 0 Å². The molecule has 3 aliphatic rings. The molecule has 176 valence electrons. The first-order chi connectivity index (χ1) is 17.6. The number of ether oxygens (including phenoxy) is 1. The molecule has 0 heterocycles. The van der Waals surface area contributed by atoms with E-state index in [0.29, 0.717) is 11.1 Å². The lowest BCUT2D eigenvalue weighted by atomic mass is 9.49. The molecular weight excluding hydrogens is 448 g/mol. The van der Waals surface area contributed by atoms with Crippen LogP contribution in [0.15, 0.2) is 120 Å². The minimum atomic E-state index is -1.31. The summed E-state index contributed by atoms with van der Waals surface area (Å²) < 4.78 is 6.37. The fraction of sp³-hybridized carbons (Fsp3) is 0.125. The Balaban J connectivity index is 1.81. The molecule has 4 aromatic carbocycles. The number of benzene rings is 4. The fourth-order valence-electron chi connectivity index (χ4n) is 6.16. The molecular formula is C32H24O4. The number of methoxy groups -OCH3 is 1. The molecule has 0 atom stereocenters. The van der Waals surface area contributed by atoms with Crippen molar-refractivity contribution in [3.8, 4) is 0 Å². The number of rotatable bonds is 6. The summed E-state index contributed by atoms with van der Waals surface area (Å²) >= 11 is 0. The minimum Gasteiger partial charge on any atom is -0.395 e. The second-order valence-electron chi connectivity index (χ2n) is 9.18. The molecule has 2 bridgehead atoms. The lowest BCUT2D eigenvalue weighted by Crippen LogP contribution is -2.56. The van der Waals surface area contributed by atoms with Crippen molar-refractivity contribution in [1.29, 1.82) is 0 Å². The second-order valence-corrected chi connectivity index (χ2v) is 9.18. The Morgan fingerprint density at radius 2 is 1.00 bits per heavy atom. The second kappa shape index (κ2) is 8.23. The SMILES string of the molecule is COC12C(C(=O)c3ccccc3)=C(C(=O)c3ccccc3)C(CO)(c3ccccc31)c1ccccc12. The van der Waals surface area contributed by atoms with Crippen LogP contribution in [-0.2, 0) is 15.8 Å². The third kappa shape index (κ3) is 2.71. The van der Waals surface area contributed by atoms with Crippen molar-refractivity contribution in [2.75, 3.05) is 13.7 Å². The van der Waals surface area contributed by atoms with Crippen LogP contribution in [-0.4, -0.2) is 30.4 Å². The predicted octanol–water partition coefficient (Wildman–Crippen LogP) is 5.24. The van der Waals surface area contributed by atoms with Gasteiger partial charge in [-0.05, 0) is 22.3 Å². The Hall–Kier alpha value is -4.12. The van der Waals surface area contributed by atoms with Gasteiger partial charge in [0.15, 0.2) is 11.6 Å². The molecule has 0 radical (unpaired) electrons. The average molecular weight is 473 g/mol. The number of carbonyl (C=O) groups is 2. The molecule has 0 fully saturated rings. The van der Waals surface area contributed by atoms with E-state index in [2.05, 4.69) is 0 Å². The highest BCUT2D eigenvalue weighted by Gasteiger charge is 2.63. The van der Waals surface area contributed by atoms with Gasteiger partial charge in [0.2, 0.25) is 0 Å². The first-order valence-corrected chi connectivity index (χ1v) is 11.9. The Kier molecular flexibility index (Phi) is 5.11. The molecule has 0 unspecified atom stereocenters. The van der Waals surface area contributed by atoms with E-state index in [-0.39, 0.29) is 29.3 Å². The molecule has 1 N–H and O–H groups in total. The third-order valence-corrected chi connectivity index (χ3v) is 7.63. The fourth-order valence-corrected chi connectivity index (χ4v) is 6.16. The first-order valence-electron chi connectivity index (χ1n) is 11.9. The summed E-state index contributed by atoms with van der Waals surface area (Å²) in [5, 5.41) is 11.2. The van der Waals surface area contributed by atoms with Gasteiger partial charge in [0, 0.05) is 29.4 Å². The lowest BCUT2D eigenvalue weighted by Gasteiger charge is -2.55. The van der Waals surface area contributed by atoms with Crippen LogP contribution in [0.2, 0.25) is 0 Å². The zero-order chi connectivity index (χ0) is 24.9. The average Bonchev–Trinajstić information content (AvgIpc) is 2.96. The summed E-state index contributed by atoms with van der Waals surface area (Å²) in [4.78, 5) is 28.8. The van der Waals surface area contributed by atoms with Gasteiger partial charge in [-0.3, -0.25) is 9.59 Å². The van der Waals surface area contributed by atoms with Crippen molar-refractivity contribution in [2.24, 2.45) is 0 Å². The Morgan fingerprint density at radius 3 is 1.42 bits per heavy atom. The summed E-state index contributed by atoms with van der Waals surface area (Å²) in [5.74, 6) is -0.590. The quantitative estimate of drug-likeness (QED) is 0.390. The maximum atomic E-state index is 14.4. The topological polar surface area (TPSA) is 63.6 Å². The van der Waals surface area contributed by atoms with Crippen molar-refractivity contribution in [3.63, 3.8) is 0 Å². The van der Waals surface area contributed by atoms with Crippen molar-refractivity contribution in [3.05, 3.63) is 154 Å². The molecule has 4 heteroatoms. The molecule has 3 aliphatic carbocycles. The van der Waals surface area contributed by atoms with E-state index in [1.807, 2.05) is 60.7 Å². The number of Topliss-reactive ketones (excluding diaryl/α,β-unsaturated/α-hetero) is 2. The highest BCUT2D eigenvalue weighted by Crippen LogP contribution is 2.62. The van der Waals surface area contributed by atoms with Crippen LogP contribution in [0.25, 0.3) is 0 Å². The van der Waals surface area contributed by atoms with Crippen molar-refractivity contribution >= 4 is 11.6 Å². The van der Waals surface area contributed by atoms with Crippen LogP contribution in [0.4, 0.5) is 0 Å². The van der Waals surface area contributed by atoms with Crippen LogP contribution in [0.3, 0.4) is 0 Å². The van der Waals surface area contributed by atoms with Gasteiger partial charge in [-0.25, -0.2) is 0 Å². The van der Waals surface area contributed by atoms with Gasteiger partial charge in [0.05, 0.1) is 12.0 Å². The number of ketones is 2. The summed E-state index contributed by atoms with van der Waals surface area (Å²) in [5.41, 5.74) is 1.99. The molecule has 4 aromatic rings. The monoisotopic (exact) mass is 472 g/mol. The Morgan fingerprint density at radius 1 is 0.611 bits per heavy atom. The van der Waals surface area contributed by atoms with Gasteiger partial charge < -0.3 is 9.84 Å². The Bertz CT molecular complexity index is 1370. The maximum absolute atomic E-state index is 14.4. The predicted molar refractivity (Wildman–Crippen MR) is 137 cm³/mol. The van der Waals surface area contributed by atoms with Crippen molar-refractivity contribution in [1.82, 2.24) is 0 Å². The van der Waals surface area contributed by atoms with E-state index in [1.54, 1.807) is 55.6 Å². The number of carbonyl (C=O) groups excluding carboxylic acids is 2. The van der Waals surface area contributed by atoms with Crippen LogP contribution in [0, 0.1) is 0 Å². The molecule has 0 spiro atoms. The Labute approximate surface area is 209 Å². The van der Waals surface area contributed by atoms with E-state index in [9.17, 15) is 14.7 Å². The number of hydrogen-bond donors (Lipinski definition) is 1. The zero-order valence-corrected chi connectivity index (χ0v) is 19.8. The van der Waals surface area contributed by atoms with Crippen LogP contribution >= 0.6 is 0 Å². The van der Waals surface area contributed by atoms with Gasteiger partial charge >= 0.3 is 0 Å². The normalized spacial score (nSPS) is 21.6. The van der Waals surface area contributed by atoms with E-state index in [1.165, 1.54) is 0 Å². The highest BCUT2D eigenvalue weighted by atomic mass is 16.5. The van der Waals surface area contributed by atoms with Gasteiger partial charge in [0.1, 0.15) is 5.60 Å². The summed E-state index contributed by atoms with van der Waals surface area (Å²) in [6.45, 7) is -0.375. The minimum absolute atomic E-state index is 0.261. The molecule has 4 nitrogen and oxygen atoms in total. The van der Waals surface area contributed by atoms with Crippen molar-refractivity contribution < 1.29 is 19.4 Å². The molecule has 36 heavy (non-hydrogen) atoms. The smallest absolute Gasteiger partial charge is 0.193 e. The van der Waals surface area contributed by atoms with Gasteiger partial charge in [-0.1, -0.05) is 109 Å². The highest BCUT2D eigenvalue weighted by molar-refractivity contribution is 6.22. The molecule has 0 aromatic heterocycles. The van der Waals surface area contributed by atoms with E-state index >= 15 is 0 Å². The number of aliphatic hydroxyl groups excluding tert-OH is 1. The summed E-state index contributed by atoms with van der Waals surface area (Å²) in [6.07, 6.45) is 0. The lowest BCUT2D eigenvalue weighted by molar-refractivity contribution is 0.0335. The standard InChI is InChI=1S/C32H24O4/c1-36-32-25-18-10-8-16-23(25)31(20-33,24-17-9-11-19-26(24)32)27(29(34)21-12-4-2-5-13-21)28(32)30(35)22-14-6-3-7-15-22/h2-19,33H,20H2,1H3. The van der Waals surface area contributed by atoms with Gasteiger partial charge in [-0.2, -0.15) is 0 Å². The van der Waals surface area contributed by atoms with E-state index in [4.69, 9.17) is 4.74 Å². The molecule has 0 saturated heterocycles. The largest absolute Gasteiger partial charge is 0.395 e. The first kappa shape index (κ1) is 22.4.